The van der Waals surface area contributed by atoms with Gasteiger partial charge in [-0.25, -0.2) is 0 Å². The molecule has 1 nitrogen and oxygen atoms in total. The first-order valence-electron chi connectivity index (χ1n) is 7.89. The van der Waals surface area contributed by atoms with Crippen molar-refractivity contribution >= 4 is 55.3 Å². The van der Waals surface area contributed by atoms with Gasteiger partial charge in [0.25, 0.3) is 0 Å². The van der Waals surface area contributed by atoms with Crippen LogP contribution in [0, 0.1) is 3.57 Å². The van der Waals surface area contributed by atoms with Gasteiger partial charge in [0.1, 0.15) is 11.2 Å². The fourth-order valence-corrected chi connectivity index (χ4v) is 3.82. The largest absolute Gasteiger partial charge is 0.455 e. The van der Waals surface area contributed by atoms with Crippen LogP contribution in [0.25, 0.3) is 43.8 Å². The third-order valence-corrected chi connectivity index (χ3v) is 5.19. The van der Waals surface area contributed by atoms with Crippen molar-refractivity contribution in [2.24, 2.45) is 0 Å². The normalized spacial score (nSPS) is 11.5. The molecule has 0 N–H and O–H groups in total. The first-order chi connectivity index (χ1) is 11.8. The summed E-state index contributed by atoms with van der Waals surface area (Å²) < 4.78 is 7.41. The van der Waals surface area contributed by atoms with Gasteiger partial charge in [0, 0.05) is 19.9 Å². The van der Waals surface area contributed by atoms with Crippen molar-refractivity contribution < 1.29 is 4.42 Å². The predicted molar refractivity (Wildman–Crippen MR) is 109 cm³/mol. The molecular formula is C22H13IO. The second kappa shape index (κ2) is 5.35. The first-order valence-corrected chi connectivity index (χ1v) is 8.97. The maximum absolute atomic E-state index is 6.23. The number of hydrogen-bond acceptors (Lipinski definition) is 1. The molecule has 0 aliphatic carbocycles. The smallest absolute Gasteiger partial charge is 0.143 e. The summed E-state index contributed by atoms with van der Waals surface area (Å²) in [6, 6.07) is 27.8. The third-order valence-electron chi connectivity index (χ3n) is 4.52. The van der Waals surface area contributed by atoms with Gasteiger partial charge in [-0.3, -0.25) is 0 Å². The maximum atomic E-state index is 6.23. The van der Waals surface area contributed by atoms with Gasteiger partial charge in [-0.1, -0.05) is 54.6 Å². The Hall–Kier alpha value is -2.33. The molecule has 0 aliphatic rings. The summed E-state index contributed by atoms with van der Waals surface area (Å²) in [5, 5.41) is 4.85. The zero-order chi connectivity index (χ0) is 16.1. The number of para-hydroxylation sites is 1. The van der Waals surface area contributed by atoms with Crippen LogP contribution in [0.5, 0.6) is 0 Å². The fourth-order valence-electron chi connectivity index (χ4n) is 3.36. The van der Waals surface area contributed by atoms with Gasteiger partial charge in [0.2, 0.25) is 0 Å². The topological polar surface area (TPSA) is 13.1 Å². The van der Waals surface area contributed by atoms with Gasteiger partial charge >= 0.3 is 0 Å². The van der Waals surface area contributed by atoms with Crippen molar-refractivity contribution in [1.29, 1.82) is 0 Å². The van der Waals surface area contributed by atoms with E-state index in [0.29, 0.717) is 0 Å². The molecule has 24 heavy (non-hydrogen) atoms. The van der Waals surface area contributed by atoms with E-state index in [0.717, 1.165) is 16.7 Å². The molecule has 5 aromatic rings. The average Bonchev–Trinajstić information content (AvgIpc) is 2.98. The zero-order valence-electron chi connectivity index (χ0n) is 12.8. The van der Waals surface area contributed by atoms with Crippen molar-refractivity contribution in [2.45, 2.75) is 0 Å². The Kier molecular flexibility index (Phi) is 3.13. The number of halogens is 1. The Morgan fingerprint density at radius 2 is 1.54 bits per heavy atom. The highest BCUT2D eigenvalue weighted by molar-refractivity contribution is 14.1. The highest BCUT2D eigenvalue weighted by Gasteiger charge is 2.12. The third kappa shape index (κ3) is 2.13. The Morgan fingerprint density at radius 1 is 0.667 bits per heavy atom. The lowest BCUT2D eigenvalue weighted by Crippen LogP contribution is -1.80. The van der Waals surface area contributed by atoms with Crippen LogP contribution < -0.4 is 0 Å². The predicted octanol–water partition coefficient (Wildman–Crippen LogP) is 7.01. The van der Waals surface area contributed by atoms with Gasteiger partial charge in [0.15, 0.2) is 0 Å². The van der Waals surface area contributed by atoms with Crippen molar-refractivity contribution in [2.75, 3.05) is 0 Å². The monoisotopic (exact) mass is 420 g/mol. The van der Waals surface area contributed by atoms with Crippen molar-refractivity contribution in [3.63, 3.8) is 0 Å². The standard InChI is InChI=1S/C22H13IO/c23-17-10-11-19-20-7-3-6-18(22(20)24-21(19)13-17)16-9-8-14-4-1-2-5-15(14)12-16/h1-13H. The lowest BCUT2D eigenvalue weighted by Gasteiger charge is -2.05. The molecule has 0 saturated carbocycles. The molecule has 4 aromatic carbocycles. The summed E-state index contributed by atoms with van der Waals surface area (Å²) >= 11 is 2.32. The van der Waals surface area contributed by atoms with Crippen molar-refractivity contribution in [3.05, 3.63) is 82.4 Å². The Balaban J connectivity index is 1.83. The van der Waals surface area contributed by atoms with Gasteiger partial charge < -0.3 is 4.42 Å². The van der Waals surface area contributed by atoms with E-state index in [1.165, 1.54) is 30.7 Å². The second-order valence-corrected chi connectivity index (χ2v) is 7.23. The molecule has 0 bridgehead atoms. The Morgan fingerprint density at radius 3 is 2.46 bits per heavy atom. The molecule has 5 rings (SSSR count). The molecule has 2 heteroatoms. The summed E-state index contributed by atoms with van der Waals surface area (Å²) in [4.78, 5) is 0. The lowest BCUT2D eigenvalue weighted by atomic mass is 9.99. The molecule has 0 saturated heterocycles. The molecular weight excluding hydrogens is 407 g/mol. The minimum Gasteiger partial charge on any atom is -0.455 e. The van der Waals surface area contributed by atoms with Crippen LogP contribution in [-0.4, -0.2) is 0 Å². The molecule has 1 aromatic heterocycles. The van der Waals surface area contributed by atoms with Gasteiger partial charge in [0.05, 0.1) is 0 Å². The van der Waals surface area contributed by atoms with E-state index < -0.39 is 0 Å². The average molecular weight is 420 g/mol. The van der Waals surface area contributed by atoms with E-state index in [1.54, 1.807) is 0 Å². The number of furan rings is 1. The summed E-state index contributed by atoms with van der Waals surface area (Å²) in [7, 11) is 0. The second-order valence-electron chi connectivity index (χ2n) is 5.99. The molecule has 0 spiro atoms. The Bertz CT molecular complexity index is 1220. The SMILES string of the molecule is Ic1ccc2c(c1)oc1c(-c3ccc4ccccc4c3)cccc12. The zero-order valence-corrected chi connectivity index (χ0v) is 14.9. The van der Waals surface area contributed by atoms with Crippen LogP contribution in [0.2, 0.25) is 0 Å². The number of rotatable bonds is 1. The van der Waals surface area contributed by atoms with E-state index in [4.69, 9.17) is 4.42 Å². The lowest BCUT2D eigenvalue weighted by molar-refractivity contribution is 0.669. The van der Waals surface area contributed by atoms with Crippen molar-refractivity contribution in [1.82, 2.24) is 0 Å². The van der Waals surface area contributed by atoms with Crippen LogP contribution >= 0.6 is 22.6 Å². The molecule has 0 aliphatic heterocycles. The van der Waals surface area contributed by atoms with E-state index in [-0.39, 0.29) is 0 Å². The van der Waals surface area contributed by atoms with Crippen LogP contribution in [0.3, 0.4) is 0 Å². The summed E-state index contributed by atoms with van der Waals surface area (Å²) in [5.41, 5.74) is 4.24. The summed E-state index contributed by atoms with van der Waals surface area (Å²) in [6.45, 7) is 0. The number of fused-ring (bicyclic) bond motifs is 4. The van der Waals surface area contributed by atoms with Gasteiger partial charge in [-0.05, 0) is 63.2 Å². The van der Waals surface area contributed by atoms with E-state index >= 15 is 0 Å². The van der Waals surface area contributed by atoms with Gasteiger partial charge in [-0.15, -0.1) is 0 Å². The molecule has 1 heterocycles. The molecule has 0 radical (unpaired) electrons. The van der Waals surface area contributed by atoms with E-state index in [1.807, 2.05) is 0 Å². The quantitative estimate of drug-likeness (QED) is 0.266. The molecule has 0 unspecified atom stereocenters. The number of hydrogen-bond donors (Lipinski definition) is 0. The first kappa shape index (κ1) is 14.1. The summed E-state index contributed by atoms with van der Waals surface area (Å²) in [6.07, 6.45) is 0. The molecule has 114 valence electrons. The fraction of sp³-hybridized carbons (Fsp3) is 0. The Labute approximate surface area is 153 Å². The van der Waals surface area contributed by atoms with Gasteiger partial charge in [-0.2, -0.15) is 0 Å². The van der Waals surface area contributed by atoms with Crippen LogP contribution in [0.15, 0.2) is 83.3 Å². The van der Waals surface area contributed by atoms with E-state index in [2.05, 4.69) is 101 Å². The van der Waals surface area contributed by atoms with Crippen LogP contribution in [0.1, 0.15) is 0 Å². The van der Waals surface area contributed by atoms with Crippen LogP contribution in [-0.2, 0) is 0 Å². The molecule has 0 fully saturated rings. The highest BCUT2D eigenvalue weighted by atomic mass is 127. The highest BCUT2D eigenvalue weighted by Crippen LogP contribution is 2.36. The molecule has 0 atom stereocenters. The maximum Gasteiger partial charge on any atom is 0.143 e. The van der Waals surface area contributed by atoms with Crippen molar-refractivity contribution in [3.8, 4) is 11.1 Å². The summed E-state index contributed by atoms with van der Waals surface area (Å²) in [5.74, 6) is 0. The number of benzene rings is 4. The van der Waals surface area contributed by atoms with Crippen LogP contribution in [0.4, 0.5) is 0 Å². The molecule has 0 amide bonds. The van der Waals surface area contributed by atoms with E-state index in [9.17, 15) is 0 Å². The minimum atomic E-state index is 0.949. The minimum absolute atomic E-state index is 0.949.